The average Bonchev–Trinajstić information content (AvgIpc) is 2.88. The van der Waals surface area contributed by atoms with Gasteiger partial charge in [0.05, 0.1) is 12.9 Å². The standard InChI is InChI=1S/C14H15N5/c1-2-11-17-12-13(15)16-9-19(14(12)18-11)8-10-6-4-3-5-7-10/h3-7,9,15H,2,8H2,1H3,(H,17,18). The molecule has 2 aromatic heterocycles. The van der Waals surface area contributed by atoms with Crippen LogP contribution >= 0.6 is 0 Å². The normalized spacial score (nSPS) is 11.0. The van der Waals surface area contributed by atoms with Crippen LogP contribution in [0.25, 0.3) is 11.2 Å². The van der Waals surface area contributed by atoms with Crippen molar-refractivity contribution >= 4 is 11.2 Å². The van der Waals surface area contributed by atoms with Crippen LogP contribution in [0.1, 0.15) is 18.3 Å². The number of aryl methyl sites for hydroxylation is 1. The number of nitrogens with one attached hydrogen (secondary N) is 2. The summed E-state index contributed by atoms with van der Waals surface area (Å²) in [5.41, 5.74) is 2.93. The minimum absolute atomic E-state index is 0.242. The summed E-state index contributed by atoms with van der Waals surface area (Å²) in [4.78, 5) is 11.8. The summed E-state index contributed by atoms with van der Waals surface area (Å²) >= 11 is 0. The van der Waals surface area contributed by atoms with Gasteiger partial charge < -0.3 is 9.55 Å². The highest BCUT2D eigenvalue weighted by atomic mass is 15.1. The van der Waals surface area contributed by atoms with Gasteiger partial charge in [-0.2, -0.15) is 0 Å². The maximum atomic E-state index is 7.83. The van der Waals surface area contributed by atoms with Crippen LogP contribution in [0, 0.1) is 5.41 Å². The Bertz CT molecular complexity index is 754. The molecule has 3 rings (SSSR count). The van der Waals surface area contributed by atoms with E-state index in [2.05, 4.69) is 27.1 Å². The van der Waals surface area contributed by atoms with Crippen LogP contribution in [0.5, 0.6) is 0 Å². The number of benzene rings is 1. The number of nitrogens with zero attached hydrogens (tertiary/aromatic N) is 3. The van der Waals surface area contributed by atoms with Crippen LogP contribution in [0.2, 0.25) is 0 Å². The number of hydrogen-bond donors (Lipinski definition) is 2. The molecule has 0 fully saturated rings. The fourth-order valence-electron chi connectivity index (χ4n) is 2.09. The Morgan fingerprint density at radius 2 is 2.05 bits per heavy atom. The Hall–Kier alpha value is -2.43. The largest absolute Gasteiger partial charge is 0.338 e. The van der Waals surface area contributed by atoms with Gasteiger partial charge in [0.15, 0.2) is 11.1 Å². The third-order valence-electron chi connectivity index (χ3n) is 3.10. The first kappa shape index (κ1) is 11.6. The molecule has 2 heterocycles. The van der Waals surface area contributed by atoms with Crippen molar-refractivity contribution in [1.29, 1.82) is 5.41 Å². The average molecular weight is 253 g/mol. The summed E-state index contributed by atoms with van der Waals surface area (Å²) in [5, 5.41) is 7.83. The van der Waals surface area contributed by atoms with Crippen molar-refractivity contribution in [3.05, 3.63) is 53.5 Å². The molecular weight excluding hydrogens is 238 g/mol. The van der Waals surface area contributed by atoms with E-state index in [4.69, 9.17) is 5.41 Å². The molecule has 5 nitrogen and oxygen atoms in total. The van der Waals surface area contributed by atoms with Crippen LogP contribution in [0.4, 0.5) is 0 Å². The van der Waals surface area contributed by atoms with Gasteiger partial charge in [-0.15, -0.1) is 0 Å². The van der Waals surface area contributed by atoms with E-state index in [1.54, 1.807) is 6.33 Å². The zero-order valence-corrected chi connectivity index (χ0v) is 10.7. The van der Waals surface area contributed by atoms with Gasteiger partial charge in [-0.05, 0) is 5.56 Å². The molecule has 0 aliphatic heterocycles. The summed E-state index contributed by atoms with van der Waals surface area (Å²) in [6.07, 6.45) is 2.50. The first-order chi connectivity index (χ1) is 9.28. The Morgan fingerprint density at radius 1 is 1.26 bits per heavy atom. The molecular formula is C14H15N5. The van der Waals surface area contributed by atoms with Gasteiger partial charge in [-0.1, -0.05) is 37.3 Å². The number of imidazole rings is 1. The smallest absolute Gasteiger partial charge is 0.173 e. The summed E-state index contributed by atoms with van der Waals surface area (Å²) in [5.74, 6) is 0.887. The van der Waals surface area contributed by atoms with Crippen LogP contribution in [-0.4, -0.2) is 19.5 Å². The molecule has 1 aromatic carbocycles. The van der Waals surface area contributed by atoms with Crippen molar-refractivity contribution < 1.29 is 0 Å². The molecule has 0 unspecified atom stereocenters. The van der Waals surface area contributed by atoms with E-state index in [0.29, 0.717) is 12.1 Å². The van der Waals surface area contributed by atoms with Gasteiger partial charge in [0.25, 0.3) is 0 Å². The molecule has 5 heteroatoms. The topological polar surface area (TPSA) is 70.3 Å². The molecule has 0 saturated heterocycles. The predicted molar refractivity (Wildman–Crippen MR) is 72.7 cm³/mol. The molecule has 3 aromatic rings. The number of fused-ring (bicyclic) bond motifs is 1. The van der Waals surface area contributed by atoms with Gasteiger partial charge in [0.1, 0.15) is 11.3 Å². The highest BCUT2D eigenvalue weighted by molar-refractivity contribution is 5.69. The van der Waals surface area contributed by atoms with Gasteiger partial charge in [-0.25, -0.2) is 9.97 Å². The minimum Gasteiger partial charge on any atom is -0.338 e. The lowest BCUT2D eigenvalue weighted by Crippen LogP contribution is -2.13. The van der Waals surface area contributed by atoms with Crippen molar-refractivity contribution in [3.8, 4) is 0 Å². The summed E-state index contributed by atoms with van der Waals surface area (Å²) in [7, 11) is 0. The third kappa shape index (κ3) is 2.14. The lowest BCUT2D eigenvalue weighted by atomic mass is 10.2. The summed E-state index contributed by atoms with van der Waals surface area (Å²) < 4.78 is 1.97. The van der Waals surface area contributed by atoms with E-state index in [1.165, 1.54) is 5.56 Å². The fraction of sp³-hybridized carbons (Fsp3) is 0.214. The number of hydrogen-bond acceptors (Lipinski definition) is 3. The first-order valence-corrected chi connectivity index (χ1v) is 6.30. The van der Waals surface area contributed by atoms with Gasteiger partial charge in [0.2, 0.25) is 0 Å². The molecule has 0 aliphatic carbocycles. The molecule has 0 aliphatic rings. The Kier molecular flexibility index (Phi) is 2.87. The first-order valence-electron chi connectivity index (χ1n) is 6.30. The summed E-state index contributed by atoms with van der Waals surface area (Å²) in [6, 6.07) is 10.2. The Morgan fingerprint density at radius 3 is 2.79 bits per heavy atom. The van der Waals surface area contributed by atoms with E-state index in [1.807, 2.05) is 29.7 Å². The van der Waals surface area contributed by atoms with Crippen LogP contribution < -0.4 is 5.49 Å². The molecule has 0 amide bonds. The SMILES string of the molecule is CCc1nc2c([nH]1)c(=N)ncn2Cc1ccccc1. The molecule has 0 spiro atoms. The molecule has 0 bridgehead atoms. The second-order valence-corrected chi connectivity index (χ2v) is 4.44. The van der Waals surface area contributed by atoms with Crippen molar-refractivity contribution in [2.45, 2.75) is 19.9 Å². The Balaban J connectivity index is 2.11. The molecule has 2 N–H and O–H groups in total. The number of aromatic nitrogens is 4. The second-order valence-electron chi connectivity index (χ2n) is 4.44. The maximum Gasteiger partial charge on any atom is 0.173 e. The molecule has 0 saturated carbocycles. The quantitative estimate of drug-likeness (QED) is 0.747. The number of rotatable bonds is 3. The van der Waals surface area contributed by atoms with Gasteiger partial charge in [-0.3, -0.25) is 5.41 Å². The maximum absolute atomic E-state index is 7.83. The van der Waals surface area contributed by atoms with E-state index in [0.717, 1.165) is 17.9 Å². The van der Waals surface area contributed by atoms with E-state index >= 15 is 0 Å². The Labute approximate surface area is 110 Å². The lowest BCUT2D eigenvalue weighted by Gasteiger charge is -2.06. The van der Waals surface area contributed by atoms with Crippen LogP contribution in [-0.2, 0) is 13.0 Å². The highest BCUT2D eigenvalue weighted by Crippen LogP contribution is 2.10. The molecule has 19 heavy (non-hydrogen) atoms. The van der Waals surface area contributed by atoms with Crippen molar-refractivity contribution in [2.24, 2.45) is 0 Å². The van der Waals surface area contributed by atoms with Gasteiger partial charge in [0, 0.05) is 6.42 Å². The molecule has 0 atom stereocenters. The van der Waals surface area contributed by atoms with E-state index in [9.17, 15) is 0 Å². The van der Waals surface area contributed by atoms with Gasteiger partial charge >= 0.3 is 0 Å². The third-order valence-corrected chi connectivity index (χ3v) is 3.10. The zero-order chi connectivity index (χ0) is 13.2. The minimum atomic E-state index is 0.242. The van der Waals surface area contributed by atoms with Crippen LogP contribution in [0.15, 0.2) is 36.7 Å². The van der Waals surface area contributed by atoms with Crippen molar-refractivity contribution in [1.82, 2.24) is 19.5 Å². The van der Waals surface area contributed by atoms with Crippen LogP contribution in [0.3, 0.4) is 0 Å². The number of H-pyrrole nitrogens is 1. The highest BCUT2D eigenvalue weighted by Gasteiger charge is 2.08. The van der Waals surface area contributed by atoms with E-state index < -0.39 is 0 Å². The lowest BCUT2D eigenvalue weighted by molar-refractivity contribution is 0.782. The fourth-order valence-corrected chi connectivity index (χ4v) is 2.09. The molecule has 0 radical (unpaired) electrons. The molecule has 96 valence electrons. The van der Waals surface area contributed by atoms with Crippen molar-refractivity contribution in [3.63, 3.8) is 0 Å². The summed E-state index contributed by atoms with van der Waals surface area (Å²) in [6.45, 7) is 2.74. The monoisotopic (exact) mass is 253 g/mol. The second kappa shape index (κ2) is 4.68. The predicted octanol–water partition coefficient (Wildman–Crippen LogP) is 1.85. The number of aromatic amines is 1. The van der Waals surface area contributed by atoms with Crippen molar-refractivity contribution in [2.75, 3.05) is 0 Å². The van der Waals surface area contributed by atoms with E-state index in [-0.39, 0.29) is 5.49 Å². The zero-order valence-electron chi connectivity index (χ0n) is 10.7.